The molecule has 0 bridgehead atoms. The van der Waals surface area contributed by atoms with Crippen LogP contribution in [0.25, 0.3) is 17.1 Å². The van der Waals surface area contributed by atoms with Crippen LogP contribution in [0.4, 0.5) is 0 Å². The standard InChI is InChI=1S/C21H25N5O2S/c1-2-28-19-5-3-17(4-6-19)26-20(16-7-11-22-12-8-16)23-25(21(26)29)15-24-13-9-18(27)10-14-24/h3-8,11-12,18,27H,2,9-10,13-15H2,1H3/p+1. The number of likely N-dealkylation sites (tertiary alicyclic amines) is 1. The summed E-state index contributed by atoms with van der Waals surface area (Å²) in [6, 6.07) is 11.8. The summed E-state index contributed by atoms with van der Waals surface area (Å²) in [5.74, 6) is 1.62. The van der Waals surface area contributed by atoms with Crippen LogP contribution in [0.15, 0.2) is 48.8 Å². The predicted molar refractivity (Wildman–Crippen MR) is 113 cm³/mol. The maximum absolute atomic E-state index is 9.78. The van der Waals surface area contributed by atoms with E-state index in [4.69, 9.17) is 22.1 Å². The van der Waals surface area contributed by atoms with Crippen molar-refractivity contribution in [2.24, 2.45) is 0 Å². The van der Waals surface area contributed by atoms with Gasteiger partial charge in [-0.2, -0.15) is 4.68 Å². The van der Waals surface area contributed by atoms with Gasteiger partial charge in [-0.15, -0.1) is 5.10 Å². The lowest BCUT2D eigenvalue weighted by molar-refractivity contribution is -0.929. The molecular weight excluding hydrogens is 386 g/mol. The molecule has 29 heavy (non-hydrogen) atoms. The molecule has 152 valence electrons. The quantitative estimate of drug-likeness (QED) is 0.605. The summed E-state index contributed by atoms with van der Waals surface area (Å²) in [5.41, 5.74) is 1.91. The fraction of sp³-hybridized carbons (Fsp3) is 0.381. The Morgan fingerprint density at radius 2 is 1.83 bits per heavy atom. The third-order valence-electron chi connectivity index (χ3n) is 5.22. The smallest absolute Gasteiger partial charge is 0.207 e. The van der Waals surface area contributed by atoms with Crippen LogP contribution in [0.1, 0.15) is 19.8 Å². The summed E-state index contributed by atoms with van der Waals surface area (Å²) < 4.78 is 10.1. The number of ether oxygens (including phenoxy) is 1. The summed E-state index contributed by atoms with van der Waals surface area (Å²) >= 11 is 5.82. The van der Waals surface area contributed by atoms with Crippen molar-refractivity contribution in [1.29, 1.82) is 0 Å². The third-order valence-corrected chi connectivity index (χ3v) is 5.61. The van der Waals surface area contributed by atoms with Crippen molar-refractivity contribution in [3.05, 3.63) is 53.6 Å². The first kappa shape index (κ1) is 19.8. The van der Waals surface area contributed by atoms with Crippen LogP contribution in [0, 0.1) is 4.77 Å². The van der Waals surface area contributed by atoms with Crippen LogP contribution in [-0.4, -0.2) is 50.2 Å². The minimum atomic E-state index is -0.180. The lowest BCUT2D eigenvalue weighted by atomic mass is 10.1. The normalized spacial score (nSPS) is 19.2. The van der Waals surface area contributed by atoms with Crippen LogP contribution >= 0.6 is 12.2 Å². The Morgan fingerprint density at radius 3 is 2.48 bits per heavy atom. The monoisotopic (exact) mass is 412 g/mol. The van der Waals surface area contributed by atoms with E-state index in [2.05, 4.69) is 4.98 Å². The number of benzene rings is 1. The van der Waals surface area contributed by atoms with Gasteiger partial charge in [0.25, 0.3) is 0 Å². The maximum atomic E-state index is 9.78. The van der Waals surface area contributed by atoms with Gasteiger partial charge in [0.15, 0.2) is 12.5 Å². The van der Waals surface area contributed by atoms with Crippen LogP contribution in [-0.2, 0) is 6.67 Å². The van der Waals surface area contributed by atoms with Gasteiger partial charge in [0, 0.05) is 30.8 Å². The molecule has 0 amide bonds. The van der Waals surface area contributed by atoms with Gasteiger partial charge in [0.05, 0.1) is 31.5 Å². The van der Waals surface area contributed by atoms with Gasteiger partial charge in [-0.1, -0.05) is 0 Å². The zero-order valence-corrected chi connectivity index (χ0v) is 17.3. The number of hydrogen-bond donors (Lipinski definition) is 2. The Morgan fingerprint density at radius 1 is 1.14 bits per heavy atom. The fourth-order valence-electron chi connectivity index (χ4n) is 3.67. The molecule has 1 aliphatic rings. The second-order valence-electron chi connectivity index (χ2n) is 7.24. The molecule has 2 N–H and O–H groups in total. The summed E-state index contributed by atoms with van der Waals surface area (Å²) in [5, 5.41) is 14.6. The van der Waals surface area contributed by atoms with E-state index in [-0.39, 0.29) is 6.10 Å². The number of nitrogens with zero attached hydrogens (tertiary/aromatic N) is 4. The first-order valence-electron chi connectivity index (χ1n) is 10.0. The predicted octanol–water partition coefficient (Wildman–Crippen LogP) is 1.86. The Hall–Kier alpha value is -2.55. The average Bonchev–Trinajstić information content (AvgIpc) is 3.07. The number of aliphatic hydroxyl groups excluding tert-OH is 1. The number of aromatic nitrogens is 4. The SMILES string of the molecule is CCOc1ccc(-n2c(-c3ccncc3)nn(C[NH+]3CCC(O)CC3)c2=S)cc1. The molecule has 4 rings (SSSR count). The highest BCUT2D eigenvalue weighted by molar-refractivity contribution is 7.71. The lowest BCUT2D eigenvalue weighted by Crippen LogP contribution is -3.12. The molecule has 1 aromatic carbocycles. The molecular formula is C21H26N5O2S+. The van der Waals surface area contributed by atoms with Crippen molar-refractivity contribution in [1.82, 2.24) is 19.3 Å². The number of rotatable bonds is 6. The number of hydrogen-bond acceptors (Lipinski definition) is 5. The first-order valence-corrected chi connectivity index (χ1v) is 10.4. The van der Waals surface area contributed by atoms with E-state index in [0.29, 0.717) is 18.0 Å². The average molecular weight is 413 g/mol. The molecule has 1 fully saturated rings. The van der Waals surface area contributed by atoms with Gasteiger partial charge >= 0.3 is 0 Å². The number of pyridine rings is 1. The van der Waals surface area contributed by atoms with E-state index in [1.54, 1.807) is 12.4 Å². The van der Waals surface area contributed by atoms with E-state index < -0.39 is 0 Å². The lowest BCUT2D eigenvalue weighted by Gasteiger charge is -2.26. The first-order chi connectivity index (χ1) is 14.2. The van der Waals surface area contributed by atoms with Gasteiger partial charge in [-0.05, 0) is 55.5 Å². The summed E-state index contributed by atoms with van der Waals surface area (Å²) in [6.07, 6.45) is 4.98. The van der Waals surface area contributed by atoms with Crippen LogP contribution < -0.4 is 9.64 Å². The van der Waals surface area contributed by atoms with Crippen LogP contribution in [0.3, 0.4) is 0 Å². The van der Waals surface area contributed by atoms with E-state index in [1.807, 2.05) is 52.6 Å². The van der Waals surface area contributed by atoms with Crippen molar-refractivity contribution < 1.29 is 14.7 Å². The van der Waals surface area contributed by atoms with E-state index in [0.717, 1.165) is 48.8 Å². The molecule has 0 radical (unpaired) electrons. The number of piperidine rings is 1. The Bertz CT molecular complexity index is 992. The molecule has 0 unspecified atom stereocenters. The molecule has 7 nitrogen and oxygen atoms in total. The van der Waals surface area contributed by atoms with E-state index in [1.165, 1.54) is 4.90 Å². The second kappa shape index (κ2) is 8.86. The molecule has 1 aliphatic heterocycles. The van der Waals surface area contributed by atoms with Crippen molar-refractivity contribution in [3.8, 4) is 22.8 Å². The number of aliphatic hydroxyl groups is 1. The van der Waals surface area contributed by atoms with Crippen molar-refractivity contribution in [3.63, 3.8) is 0 Å². The van der Waals surface area contributed by atoms with Gasteiger partial charge in [0.2, 0.25) is 4.77 Å². The second-order valence-corrected chi connectivity index (χ2v) is 7.61. The molecule has 3 heterocycles. The maximum Gasteiger partial charge on any atom is 0.207 e. The molecule has 1 saturated heterocycles. The fourth-order valence-corrected chi connectivity index (χ4v) is 3.97. The molecule has 2 aromatic heterocycles. The van der Waals surface area contributed by atoms with E-state index in [9.17, 15) is 5.11 Å². The molecule has 0 saturated carbocycles. The largest absolute Gasteiger partial charge is 0.494 e. The zero-order chi connectivity index (χ0) is 20.2. The minimum Gasteiger partial charge on any atom is -0.494 e. The topological polar surface area (TPSA) is 69.5 Å². The molecule has 0 spiro atoms. The number of nitrogens with one attached hydrogen (secondary N) is 1. The zero-order valence-electron chi connectivity index (χ0n) is 16.5. The minimum absolute atomic E-state index is 0.180. The third kappa shape index (κ3) is 4.39. The summed E-state index contributed by atoms with van der Waals surface area (Å²) in [4.78, 5) is 5.50. The molecule has 0 atom stereocenters. The Balaban J connectivity index is 1.72. The Kier molecular flexibility index (Phi) is 6.03. The van der Waals surface area contributed by atoms with Crippen molar-refractivity contribution >= 4 is 12.2 Å². The summed E-state index contributed by atoms with van der Waals surface area (Å²) in [6.45, 7) is 5.13. The summed E-state index contributed by atoms with van der Waals surface area (Å²) in [7, 11) is 0. The molecule has 0 aliphatic carbocycles. The van der Waals surface area contributed by atoms with Crippen LogP contribution in [0.2, 0.25) is 0 Å². The van der Waals surface area contributed by atoms with Crippen molar-refractivity contribution in [2.75, 3.05) is 19.7 Å². The van der Waals surface area contributed by atoms with E-state index >= 15 is 0 Å². The van der Waals surface area contributed by atoms with Gasteiger partial charge < -0.3 is 14.7 Å². The van der Waals surface area contributed by atoms with Crippen molar-refractivity contribution in [2.45, 2.75) is 32.5 Å². The molecule has 8 heteroatoms. The highest BCUT2D eigenvalue weighted by Gasteiger charge is 2.22. The van der Waals surface area contributed by atoms with Gasteiger partial charge in [-0.3, -0.25) is 9.55 Å². The van der Waals surface area contributed by atoms with Crippen LogP contribution in [0.5, 0.6) is 5.75 Å². The highest BCUT2D eigenvalue weighted by atomic mass is 32.1. The highest BCUT2D eigenvalue weighted by Crippen LogP contribution is 2.23. The van der Waals surface area contributed by atoms with Gasteiger partial charge in [-0.25, -0.2) is 0 Å². The van der Waals surface area contributed by atoms with Gasteiger partial charge in [0.1, 0.15) is 5.75 Å². The number of quaternary nitrogens is 1. The molecule has 3 aromatic rings. The Labute approximate surface area is 175 Å².